The van der Waals surface area contributed by atoms with Gasteiger partial charge in [0.2, 0.25) is 6.54 Å². The molecule has 0 radical (unpaired) electrons. The van der Waals surface area contributed by atoms with Crippen LogP contribution < -0.4 is 0 Å². The predicted molar refractivity (Wildman–Crippen MR) is 56.3 cm³/mol. The van der Waals surface area contributed by atoms with Crippen LogP contribution in [0.1, 0.15) is 26.7 Å². The highest BCUT2D eigenvalue weighted by Gasteiger charge is 2.40. The molecule has 5 nitrogen and oxygen atoms in total. The summed E-state index contributed by atoms with van der Waals surface area (Å²) in [6, 6.07) is 0. The molecule has 1 atom stereocenters. The van der Waals surface area contributed by atoms with Crippen LogP contribution in [0.2, 0.25) is 0 Å². The molecule has 0 aliphatic carbocycles. The third-order valence-electron chi connectivity index (χ3n) is 2.30. The lowest BCUT2D eigenvalue weighted by Crippen LogP contribution is -2.46. The van der Waals surface area contributed by atoms with Gasteiger partial charge in [-0.2, -0.15) is 0 Å². The van der Waals surface area contributed by atoms with Gasteiger partial charge in [-0.15, -0.1) is 6.58 Å². The number of hydrogen-bond acceptors (Lipinski definition) is 4. The molecule has 0 spiro atoms. The van der Waals surface area contributed by atoms with Gasteiger partial charge in [-0.3, -0.25) is 14.9 Å². The van der Waals surface area contributed by atoms with E-state index < -0.39 is 17.1 Å². The Morgan fingerprint density at radius 3 is 2.60 bits per heavy atom. The van der Waals surface area contributed by atoms with E-state index in [-0.39, 0.29) is 12.4 Å². The maximum absolute atomic E-state index is 11.4. The van der Waals surface area contributed by atoms with E-state index in [1.165, 1.54) is 6.92 Å². The van der Waals surface area contributed by atoms with Crippen LogP contribution >= 0.6 is 0 Å². The molecule has 86 valence electrons. The molecule has 0 saturated carbocycles. The zero-order valence-corrected chi connectivity index (χ0v) is 9.19. The van der Waals surface area contributed by atoms with Crippen LogP contribution in [0.15, 0.2) is 12.7 Å². The highest BCUT2D eigenvalue weighted by Crippen LogP contribution is 2.18. The molecule has 0 rings (SSSR count). The summed E-state index contributed by atoms with van der Waals surface area (Å²) in [6.07, 6.45) is 2.53. The first-order valence-corrected chi connectivity index (χ1v) is 4.86. The quantitative estimate of drug-likeness (QED) is 0.267. The minimum absolute atomic E-state index is 0.282. The zero-order chi connectivity index (χ0) is 11.9. The summed E-state index contributed by atoms with van der Waals surface area (Å²) in [6.45, 7) is 6.35. The number of nitrogens with zero attached hydrogens (tertiary/aromatic N) is 1. The number of ketones is 1. The van der Waals surface area contributed by atoms with E-state index in [0.717, 1.165) is 0 Å². The minimum atomic E-state index is -1.27. The van der Waals surface area contributed by atoms with Crippen molar-refractivity contribution in [2.75, 3.05) is 13.2 Å². The fourth-order valence-electron chi connectivity index (χ4n) is 1.27. The van der Waals surface area contributed by atoms with E-state index in [2.05, 4.69) is 6.58 Å². The number of nitro groups is 1. The molecule has 5 heteroatoms. The van der Waals surface area contributed by atoms with Crippen LogP contribution in [-0.4, -0.2) is 29.5 Å². The molecule has 0 aliphatic heterocycles. The zero-order valence-electron chi connectivity index (χ0n) is 9.19. The Kier molecular flexibility index (Phi) is 5.77. The van der Waals surface area contributed by atoms with Crippen LogP contribution in [0, 0.1) is 10.1 Å². The molecule has 0 fully saturated rings. The van der Waals surface area contributed by atoms with E-state index in [1.54, 1.807) is 13.0 Å². The minimum Gasteiger partial charge on any atom is -0.360 e. The summed E-state index contributed by atoms with van der Waals surface area (Å²) in [4.78, 5) is 21.3. The Morgan fingerprint density at radius 2 is 2.27 bits per heavy atom. The fourth-order valence-corrected chi connectivity index (χ4v) is 1.27. The summed E-state index contributed by atoms with van der Waals surface area (Å²) in [5.74, 6) is -0.300. The first-order chi connectivity index (χ1) is 6.98. The second-order valence-corrected chi connectivity index (χ2v) is 3.32. The Morgan fingerprint density at radius 1 is 1.67 bits per heavy atom. The van der Waals surface area contributed by atoms with Gasteiger partial charge < -0.3 is 4.74 Å². The Balaban J connectivity index is 4.57. The number of carbonyl (C=O) groups is 1. The third kappa shape index (κ3) is 4.20. The second kappa shape index (κ2) is 6.29. The van der Waals surface area contributed by atoms with Gasteiger partial charge >= 0.3 is 0 Å². The van der Waals surface area contributed by atoms with Gasteiger partial charge in [0.1, 0.15) is 0 Å². The molecule has 0 aromatic rings. The van der Waals surface area contributed by atoms with Crippen LogP contribution in [0.5, 0.6) is 0 Å². The van der Waals surface area contributed by atoms with Crippen LogP contribution in [0.4, 0.5) is 0 Å². The van der Waals surface area contributed by atoms with E-state index >= 15 is 0 Å². The summed E-state index contributed by atoms with van der Waals surface area (Å²) in [7, 11) is 0. The van der Waals surface area contributed by atoms with Crippen molar-refractivity contribution in [3.63, 3.8) is 0 Å². The van der Waals surface area contributed by atoms with Gasteiger partial charge in [0.05, 0.1) is 6.61 Å². The largest absolute Gasteiger partial charge is 0.360 e. The van der Waals surface area contributed by atoms with Crippen LogP contribution in [0.3, 0.4) is 0 Å². The molecule has 0 amide bonds. The van der Waals surface area contributed by atoms with Crippen molar-refractivity contribution >= 4 is 5.78 Å². The van der Waals surface area contributed by atoms with Crippen LogP contribution in [0.25, 0.3) is 0 Å². The third-order valence-corrected chi connectivity index (χ3v) is 2.30. The number of rotatable bonds is 8. The first-order valence-electron chi connectivity index (χ1n) is 4.86. The lowest BCUT2D eigenvalue weighted by atomic mass is 9.96. The monoisotopic (exact) mass is 215 g/mol. The number of ether oxygens (including phenoxy) is 1. The molecule has 0 aliphatic rings. The smallest absolute Gasteiger partial charge is 0.239 e. The predicted octanol–water partition coefficient (Wildman–Crippen LogP) is 1.59. The van der Waals surface area contributed by atoms with Gasteiger partial charge in [-0.25, -0.2) is 0 Å². The average Bonchev–Trinajstić information content (AvgIpc) is 2.15. The van der Waals surface area contributed by atoms with E-state index in [0.29, 0.717) is 12.8 Å². The van der Waals surface area contributed by atoms with Crippen molar-refractivity contribution in [1.82, 2.24) is 0 Å². The first kappa shape index (κ1) is 13.8. The van der Waals surface area contributed by atoms with Crippen molar-refractivity contribution in [1.29, 1.82) is 0 Å². The molecular formula is C10H17NO4. The van der Waals surface area contributed by atoms with Gasteiger partial charge in [0.25, 0.3) is 0 Å². The molecule has 15 heavy (non-hydrogen) atoms. The van der Waals surface area contributed by atoms with Gasteiger partial charge in [0.15, 0.2) is 11.4 Å². The topological polar surface area (TPSA) is 69.4 Å². The molecule has 0 aromatic carbocycles. The maximum atomic E-state index is 11.4. The van der Waals surface area contributed by atoms with Crippen molar-refractivity contribution in [3.8, 4) is 0 Å². The fraction of sp³-hybridized carbons (Fsp3) is 0.700. The highest BCUT2D eigenvalue weighted by atomic mass is 16.6. The SMILES string of the molecule is C=CCCOC(CC)(C[N+](=O)[O-])C(C)=O. The van der Waals surface area contributed by atoms with E-state index in [1.807, 2.05) is 0 Å². The molecule has 0 saturated heterocycles. The lowest BCUT2D eigenvalue weighted by molar-refractivity contribution is -0.498. The van der Waals surface area contributed by atoms with Crippen molar-refractivity contribution in [3.05, 3.63) is 22.8 Å². The van der Waals surface area contributed by atoms with Crippen molar-refractivity contribution in [2.24, 2.45) is 0 Å². The standard InChI is InChI=1S/C10H17NO4/c1-4-6-7-15-10(5-2,9(3)12)8-11(13)14/h4H,1,5-8H2,2-3H3. The molecule has 0 heterocycles. The van der Waals surface area contributed by atoms with Gasteiger partial charge in [-0.05, 0) is 19.8 Å². The molecule has 0 bridgehead atoms. The molecule has 0 N–H and O–H groups in total. The van der Waals surface area contributed by atoms with Crippen LogP contribution in [-0.2, 0) is 9.53 Å². The van der Waals surface area contributed by atoms with Crippen molar-refractivity contribution < 1.29 is 14.5 Å². The normalized spacial score (nSPS) is 14.3. The number of carbonyl (C=O) groups excluding carboxylic acids is 1. The highest BCUT2D eigenvalue weighted by molar-refractivity contribution is 5.85. The van der Waals surface area contributed by atoms with E-state index in [9.17, 15) is 14.9 Å². The Bertz CT molecular complexity index is 252. The molecule has 0 aromatic heterocycles. The molecular weight excluding hydrogens is 198 g/mol. The van der Waals surface area contributed by atoms with Crippen molar-refractivity contribution in [2.45, 2.75) is 32.3 Å². The summed E-state index contributed by atoms with van der Waals surface area (Å²) in [5.41, 5.74) is -1.27. The van der Waals surface area contributed by atoms with E-state index in [4.69, 9.17) is 4.74 Å². The Labute approximate surface area is 89.3 Å². The number of Topliss-reactive ketones (excluding diaryl/α,β-unsaturated/α-hetero) is 1. The average molecular weight is 215 g/mol. The summed E-state index contributed by atoms with van der Waals surface area (Å²) in [5, 5.41) is 10.5. The number of hydrogen-bond donors (Lipinski definition) is 0. The lowest BCUT2D eigenvalue weighted by Gasteiger charge is -2.25. The Hall–Kier alpha value is -1.23. The summed E-state index contributed by atoms with van der Waals surface area (Å²) < 4.78 is 5.33. The molecule has 1 unspecified atom stereocenters. The summed E-state index contributed by atoms with van der Waals surface area (Å²) >= 11 is 0. The maximum Gasteiger partial charge on any atom is 0.239 e. The van der Waals surface area contributed by atoms with Gasteiger partial charge in [-0.1, -0.05) is 13.0 Å². The second-order valence-electron chi connectivity index (χ2n) is 3.32. The van der Waals surface area contributed by atoms with Gasteiger partial charge in [0, 0.05) is 4.92 Å².